The summed E-state index contributed by atoms with van der Waals surface area (Å²) in [5.74, 6) is 0. The molecule has 0 unspecified atom stereocenters. The number of ether oxygens (including phenoxy) is 2. The minimum atomic E-state index is -1.47. The van der Waals surface area contributed by atoms with Gasteiger partial charge in [0.05, 0.1) is 6.61 Å². The largest absolute Gasteiger partial charge is 0.394 e. The van der Waals surface area contributed by atoms with Gasteiger partial charge in [0.25, 0.3) is 0 Å². The van der Waals surface area contributed by atoms with Crippen LogP contribution in [0.1, 0.15) is 17.2 Å². The van der Waals surface area contributed by atoms with Gasteiger partial charge in [0.1, 0.15) is 30.5 Å². The van der Waals surface area contributed by atoms with Gasteiger partial charge in [-0.25, -0.2) is 0 Å². The third-order valence-corrected chi connectivity index (χ3v) is 4.32. The molecule has 6 nitrogen and oxygen atoms in total. The Morgan fingerprint density at radius 3 is 1.80 bits per heavy atom. The number of hydrogen-bond acceptors (Lipinski definition) is 6. The van der Waals surface area contributed by atoms with Gasteiger partial charge in [-0.2, -0.15) is 0 Å². The Balaban J connectivity index is 1.87. The van der Waals surface area contributed by atoms with E-state index in [0.717, 1.165) is 11.1 Å². The second-order valence-electron chi connectivity index (χ2n) is 6.03. The van der Waals surface area contributed by atoms with Crippen molar-refractivity contribution in [1.29, 1.82) is 0 Å². The second kappa shape index (κ2) is 8.05. The molecule has 0 bridgehead atoms. The fourth-order valence-electron chi connectivity index (χ4n) is 2.92. The molecular formula is C19H22O6. The Morgan fingerprint density at radius 1 is 0.800 bits per heavy atom. The summed E-state index contributed by atoms with van der Waals surface area (Å²) in [5.41, 5.74) is 1.70. The van der Waals surface area contributed by atoms with Crippen LogP contribution < -0.4 is 0 Å². The van der Waals surface area contributed by atoms with Crippen LogP contribution in [0, 0.1) is 0 Å². The van der Waals surface area contributed by atoms with Crippen molar-refractivity contribution in [2.24, 2.45) is 0 Å². The minimum Gasteiger partial charge on any atom is -0.394 e. The van der Waals surface area contributed by atoms with Crippen LogP contribution >= 0.6 is 0 Å². The van der Waals surface area contributed by atoms with E-state index >= 15 is 0 Å². The fraction of sp³-hybridized carbons (Fsp3) is 0.368. The van der Waals surface area contributed by atoms with E-state index in [1.807, 2.05) is 60.7 Å². The first-order valence-corrected chi connectivity index (χ1v) is 8.17. The average molecular weight is 346 g/mol. The van der Waals surface area contributed by atoms with Crippen molar-refractivity contribution in [3.63, 3.8) is 0 Å². The topological polar surface area (TPSA) is 99.4 Å². The highest BCUT2D eigenvalue weighted by atomic mass is 16.7. The Morgan fingerprint density at radius 2 is 1.32 bits per heavy atom. The minimum absolute atomic E-state index is 0.494. The van der Waals surface area contributed by atoms with Crippen LogP contribution in [-0.2, 0) is 9.47 Å². The summed E-state index contributed by atoms with van der Waals surface area (Å²) in [6.45, 7) is -0.494. The first kappa shape index (κ1) is 18.0. The molecule has 1 aliphatic rings. The summed E-state index contributed by atoms with van der Waals surface area (Å²) in [7, 11) is 0. The van der Waals surface area contributed by atoms with Crippen LogP contribution in [0.25, 0.3) is 0 Å². The van der Waals surface area contributed by atoms with Gasteiger partial charge in [0, 0.05) is 0 Å². The molecule has 0 saturated carbocycles. The molecule has 4 N–H and O–H groups in total. The van der Waals surface area contributed by atoms with E-state index in [1.54, 1.807) is 0 Å². The van der Waals surface area contributed by atoms with Gasteiger partial charge in [0.2, 0.25) is 0 Å². The van der Waals surface area contributed by atoms with E-state index < -0.39 is 43.4 Å². The fourth-order valence-corrected chi connectivity index (χ4v) is 2.92. The zero-order valence-electron chi connectivity index (χ0n) is 13.6. The molecule has 2 aromatic rings. The third kappa shape index (κ3) is 3.90. The van der Waals surface area contributed by atoms with Crippen LogP contribution in [0.2, 0.25) is 0 Å². The summed E-state index contributed by atoms with van der Waals surface area (Å²) in [6, 6.07) is 18.8. The first-order valence-electron chi connectivity index (χ1n) is 8.17. The Bertz CT molecular complexity index is 608. The van der Waals surface area contributed by atoms with Gasteiger partial charge in [-0.15, -0.1) is 0 Å². The summed E-state index contributed by atoms with van der Waals surface area (Å²) < 4.78 is 11.4. The van der Waals surface area contributed by atoms with Crippen molar-refractivity contribution < 1.29 is 29.9 Å². The zero-order valence-corrected chi connectivity index (χ0v) is 13.6. The number of aliphatic hydroxyl groups excluding tert-OH is 4. The van der Waals surface area contributed by atoms with Gasteiger partial charge >= 0.3 is 0 Å². The van der Waals surface area contributed by atoms with E-state index in [1.165, 1.54) is 0 Å². The lowest BCUT2D eigenvalue weighted by atomic mass is 9.98. The molecule has 0 spiro atoms. The highest BCUT2D eigenvalue weighted by Crippen LogP contribution is 2.31. The predicted molar refractivity (Wildman–Crippen MR) is 89.6 cm³/mol. The molecule has 1 aliphatic heterocycles. The molecule has 25 heavy (non-hydrogen) atoms. The maximum atomic E-state index is 10.2. The number of benzene rings is 2. The number of hydrogen-bond donors (Lipinski definition) is 4. The maximum absolute atomic E-state index is 10.2. The standard InChI is InChI=1S/C19H22O6/c20-11-14-15(21)16(22)17(23)19(24-14)25-18(12-7-3-1-4-8-12)13-9-5-2-6-10-13/h1-10,14-23H,11H2/t14-,15-,16+,17-,19-/m1/s1. The van der Waals surface area contributed by atoms with Crippen LogP contribution in [0.3, 0.4) is 0 Å². The Labute approximate surface area is 145 Å². The number of rotatable bonds is 5. The second-order valence-corrected chi connectivity index (χ2v) is 6.03. The normalized spacial score (nSPS) is 29.7. The van der Waals surface area contributed by atoms with Crippen molar-refractivity contribution in [2.75, 3.05) is 6.61 Å². The monoisotopic (exact) mass is 346 g/mol. The molecular weight excluding hydrogens is 324 g/mol. The number of aliphatic hydroxyl groups is 4. The molecule has 1 fully saturated rings. The molecule has 0 amide bonds. The van der Waals surface area contributed by atoms with Crippen molar-refractivity contribution in [3.05, 3.63) is 71.8 Å². The molecule has 3 rings (SSSR count). The molecule has 134 valence electrons. The maximum Gasteiger partial charge on any atom is 0.187 e. The summed E-state index contributed by atoms with van der Waals surface area (Å²) >= 11 is 0. The Kier molecular flexibility index (Phi) is 5.80. The van der Waals surface area contributed by atoms with E-state index in [-0.39, 0.29) is 0 Å². The van der Waals surface area contributed by atoms with Gasteiger partial charge in [-0.05, 0) is 11.1 Å². The molecule has 6 heteroatoms. The molecule has 1 saturated heterocycles. The predicted octanol–water partition coefficient (Wildman–Crippen LogP) is 0.592. The molecule has 1 heterocycles. The van der Waals surface area contributed by atoms with Crippen LogP contribution in [0.15, 0.2) is 60.7 Å². The van der Waals surface area contributed by atoms with E-state index in [2.05, 4.69) is 0 Å². The average Bonchev–Trinajstić information content (AvgIpc) is 2.67. The van der Waals surface area contributed by atoms with E-state index in [9.17, 15) is 20.4 Å². The quantitative estimate of drug-likeness (QED) is 0.633. The third-order valence-electron chi connectivity index (χ3n) is 4.32. The summed E-state index contributed by atoms with van der Waals surface area (Å²) in [4.78, 5) is 0. The zero-order chi connectivity index (χ0) is 17.8. The first-order chi connectivity index (χ1) is 12.1. The van der Waals surface area contributed by atoms with Gasteiger partial charge in [-0.3, -0.25) is 0 Å². The van der Waals surface area contributed by atoms with E-state index in [4.69, 9.17) is 9.47 Å². The highest BCUT2D eigenvalue weighted by molar-refractivity contribution is 5.30. The van der Waals surface area contributed by atoms with Crippen LogP contribution in [-0.4, -0.2) is 57.7 Å². The lowest BCUT2D eigenvalue weighted by molar-refractivity contribution is -0.309. The van der Waals surface area contributed by atoms with Gasteiger partial charge < -0.3 is 29.9 Å². The van der Waals surface area contributed by atoms with E-state index in [0.29, 0.717) is 0 Å². The van der Waals surface area contributed by atoms with Crippen LogP contribution in [0.5, 0.6) is 0 Å². The van der Waals surface area contributed by atoms with Crippen molar-refractivity contribution in [3.8, 4) is 0 Å². The van der Waals surface area contributed by atoms with Gasteiger partial charge in [0.15, 0.2) is 6.29 Å². The lowest BCUT2D eigenvalue weighted by Gasteiger charge is -2.41. The lowest BCUT2D eigenvalue weighted by Crippen LogP contribution is -2.59. The molecule has 2 aromatic carbocycles. The molecule has 0 aliphatic carbocycles. The van der Waals surface area contributed by atoms with Crippen LogP contribution in [0.4, 0.5) is 0 Å². The van der Waals surface area contributed by atoms with Gasteiger partial charge in [-0.1, -0.05) is 60.7 Å². The Hall–Kier alpha value is -1.80. The van der Waals surface area contributed by atoms with Crippen molar-refractivity contribution >= 4 is 0 Å². The summed E-state index contributed by atoms with van der Waals surface area (Å²) in [5, 5.41) is 39.4. The van der Waals surface area contributed by atoms with Crippen molar-refractivity contribution in [2.45, 2.75) is 36.8 Å². The molecule has 0 aromatic heterocycles. The highest BCUT2D eigenvalue weighted by Gasteiger charge is 2.45. The van der Waals surface area contributed by atoms with Crippen molar-refractivity contribution in [1.82, 2.24) is 0 Å². The SMILES string of the molecule is OC[C@H]1O[C@H](OC(c2ccccc2)c2ccccc2)[C@H](O)[C@@H](O)[C@@H]1O. The summed E-state index contributed by atoms with van der Waals surface area (Å²) in [6.07, 6.45) is -7.05. The smallest absolute Gasteiger partial charge is 0.187 e. The molecule has 0 radical (unpaired) electrons. The molecule has 5 atom stereocenters.